The molecule has 0 aromatic heterocycles. The van der Waals surface area contributed by atoms with Gasteiger partial charge in [-0.05, 0) is 47.5 Å². The molecule has 160 valence electrons. The number of hydrogen-bond acceptors (Lipinski definition) is 5. The second kappa shape index (κ2) is 9.08. The highest BCUT2D eigenvalue weighted by Crippen LogP contribution is 2.43. The molecule has 0 spiro atoms. The zero-order valence-corrected chi connectivity index (χ0v) is 18.9. The van der Waals surface area contributed by atoms with Gasteiger partial charge in [-0.3, -0.25) is 4.99 Å². The van der Waals surface area contributed by atoms with Crippen molar-refractivity contribution in [2.75, 3.05) is 21.3 Å². The van der Waals surface area contributed by atoms with Crippen LogP contribution in [-0.4, -0.2) is 27.2 Å². The summed E-state index contributed by atoms with van der Waals surface area (Å²) in [5.74, 6) is 2.37. The Hall–Kier alpha value is -2.89. The number of methoxy groups -OCH3 is 3. The number of hydrogen-bond donors (Lipinski definition) is 1. The molecule has 7 heteroatoms. The Labute approximate surface area is 191 Å². The van der Waals surface area contributed by atoms with E-state index < -0.39 is 0 Å². The molecule has 0 saturated heterocycles. The van der Waals surface area contributed by atoms with Gasteiger partial charge in [-0.25, -0.2) is 0 Å². The van der Waals surface area contributed by atoms with Crippen molar-refractivity contribution < 1.29 is 14.2 Å². The number of rotatable bonds is 6. The molecule has 1 aliphatic heterocycles. The van der Waals surface area contributed by atoms with Crippen molar-refractivity contribution in [2.45, 2.75) is 12.1 Å². The third-order valence-electron chi connectivity index (χ3n) is 5.28. The highest BCUT2D eigenvalue weighted by molar-refractivity contribution is 6.30. The predicted molar refractivity (Wildman–Crippen MR) is 124 cm³/mol. The van der Waals surface area contributed by atoms with Crippen molar-refractivity contribution in [1.29, 1.82) is 0 Å². The van der Waals surface area contributed by atoms with Gasteiger partial charge < -0.3 is 19.5 Å². The van der Waals surface area contributed by atoms with E-state index in [9.17, 15) is 0 Å². The molecule has 4 rings (SSSR count). The maximum atomic E-state index is 6.11. The van der Waals surface area contributed by atoms with Crippen molar-refractivity contribution >= 4 is 29.0 Å². The van der Waals surface area contributed by atoms with E-state index in [0.717, 1.165) is 16.7 Å². The molecular weight excluding hydrogens is 435 g/mol. The van der Waals surface area contributed by atoms with Crippen molar-refractivity contribution in [1.82, 2.24) is 5.32 Å². The zero-order valence-electron chi connectivity index (χ0n) is 17.4. The topological polar surface area (TPSA) is 52.1 Å². The Bertz CT molecular complexity index is 1100. The highest BCUT2D eigenvalue weighted by atomic mass is 35.5. The van der Waals surface area contributed by atoms with Crippen LogP contribution in [0.25, 0.3) is 0 Å². The smallest absolute Gasteiger partial charge is 0.204 e. The van der Waals surface area contributed by atoms with E-state index in [1.807, 2.05) is 60.7 Å². The highest BCUT2D eigenvalue weighted by Gasteiger charge is 2.33. The Balaban J connectivity index is 1.81. The molecular formula is C24H22Cl2N2O3. The number of amidine groups is 1. The first kappa shape index (κ1) is 21.3. The summed E-state index contributed by atoms with van der Waals surface area (Å²) in [6, 6.07) is 19.0. The monoisotopic (exact) mass is 456 g/mol. The largest absolute Gasteiger partial charge is 0.493 e. The van der Waals surface area contributed by atoms with Crippen LogP contribution in [0.2, 0.25) is 10.0 Å². The number of nitrogens with zero attached hydrogens (tertiary/aromatic N) is 1. The van der Waals surface area contributed by atoms with Gasteiger partial charge in [-0.15, -0.1) is 0 Å². The quantitative estimate of drug-likeness (QED) is 0.505. The van der Waals surface area contributed by atoms with Crippen LogP contribution in [0, 0.1) is 0 Å². The van der Waals surface area contributed by atoms with E-state index in [1.54, 1.807) is 21.3 Å². The van der Waals surface area contributed by atoms with Crippen molar-refractivity contribution in [3.05, 3.63) is 87.4 Å². The minimum absolute atomic E-state index is 0.0914. The number of aliphatic imine (C=N–C) groups is 1. The first-order valence-corrected chi connectivity index (χ1v) is 10.5. The lowest BCUT2D eigenvalue weighted by atomic mass is 9.95. The van der Waals surface area contributed by atoms with Gasteiger partial charge in [0.2, 0.25) is 5.75 Å². The SMILES string of the molecule is COc1ccc(C2=N[C@@H](c3ccc(Cl)cc3)[C@@H](c3ccc(Cl)cc3)N2)c(OC)c1OC. The van der Waals surface area contributed by atoms with Crippen molar-refractivity contribution in [3.63, 3.8) is 0 Å². The fourth-order valence-corrected chi connectivity index (χ4v) is 4.03. The van der Waals surface area contributed by atoms with E-state index in [1.165, 1.54) is 0 Å². The van der Waals surface area contributed by atoms with E-state index in [0.29, 0.717) is 33.1 Å². The molecule has 0 fully saturated rings. The Morgan fingerprint density at radius 1 is 0.710 bits per heavy atom. The molecule has 5 nitrogen and oxygen atoms in total. The summed E-state index contributed by atoms with van der Waals surface area (Å²) in [5.41, 5.74) is 2.91. The summed E-state index contributed by atoms with van der Waals surface area (Å²) in [7, 11) is 4.78. The predicted octanol–water partition coefficient (Wildman–Crippen LogP) is 5.85. The van der Waals surface area contributed by atoms with Crippen LogP contribution in [0.1, 0.15) is 28.8 Å². The Morgan fingerprint density at radius 2 is 1.29 bits per heavy atom. The van der Waals surface area contributed by atoms with Crippen LogP contribution in [0.15, 0.2) is 65.7 Å². The van der Waals surface area contributed by atoms with Gasteiger partial charge in [0, 0.05) is 10.0 Å². The van der Waals surface area contributed by atoms with Gasteiger partial charge in [0.1, 0.15) is 11.9 Å². The van der Waals surface area contributed by atoms with Gasteiger partial charge in [0.25, 0.3) is 0 Å². The van der Waals surface area contributed by atoms with Crippen LogP contribution in [0.4, 0.5) is 0 Å². The molecule has 1 heterocycles. The maximum absolute atomic E-state index is 6.11. The number of halogens is 2. The molecule has 3 aromatic carbocycles. The van der Waals surface area contributed by atoms with Crippen LogP contribution in [0.5, 0.6) is 17.2 Å². The zero-order chi connectivity index (χ0) is 22.0. The molecule has 0 aliphatic carbocycles. The van der Waals surface area contributed by atoms with Crippen LogP contribution in [-0.2, 0) is 0 Å². The Kier molecular flexibility index (Phi) is 6.25. The average molecular weight is 457 g/mol. The number of benzene rings is 3. The van der Waals surface area contributed by atoms with Gasteiger partial charge in [0.15, 0.2) is 11.5 Å². The Morgan fingerprint density at radius 3 is 1.84 bits per heavy atom. The lowest BCUT2D eigenvalue weighted by molar-refractivity contribution is 0.324. The molecule has 2 atom stereocenters. The minimum Gasteiger partial charge on any atom is -0.493 e. The third-order valence-corrected chi connectivity index (χ3v) is 5.78. The van der Waals surface area contributed by atoms with E-state index in [-0.39, 0.29) is 12.1 Å². The van der Waals surface area contributed by atoms with E-state index >= 15 is 0 Å². The molecule has 0 unspecified atom stereocenters. The summed E-state index contributed by atoms with van der Waals surface area (Å²) in [4.78, 5) is 5.03. The summed E-state index contributed by atoms with van der Waals surface area (Å²) in [5, 5.41) is 4.94. The fourth-order valence-electron chi connectivity index (χ4n) is 3.77. The summed E-state index contributed by atoms with van der Waals surface area (Å²) in [6.45, 7) is 0. The minimum atomic E-state index is -0.161. The number of nitrogens with one attached hydrogen (secondary N) is 1. The molecule has 1 N–H and O–H groups in total. The van der Waals surface area contributed by atoms with Gasteiger partial charge in [0.05, 0.1) is 32.9 Å². The van der Waals surface area contributed by atoms with Gasteiger partial charge in [-0.2, -0.15) is 0 Å². The maximum Gasteiger partial charge on any atom is 0.204 e. The molecule has 1 aliphatic rings. The average Bonchev–Trinajstić information content (AvgIpc) is 3.24. The second-order valence-corrected chi connectivity index (χ2v) is 7.90. The second-order valence-electron chi connectivity index (χ2n) is 7.03. The van der Waals surface area contributed by atoms with Crippen molar-refractivity contribution in [3.8, 4) is 17.2 Å². The van der Waals surface area contributed by atoms with Crippen LogP contribution in [0.3, 0.4) is 0 Å². The molecule has 0 radical (unpaired) electrons. The molecule has 3 aromatic rings. The standard InChI is InChI=1S/C24H22Cl2N2O3/c1-29-19-13-12-18(22(30-2)23(19)31-3)24-27-20(14-4-8-16(25)9-5-14)21(28-24)15-6-10-17(26)11-7-15/h4-13,20-21H,1-3H3,(H,27,28)/t20-,21+. The van der Waals surface area contributed by atoms with Gasteiger partial charge in [-0.1, -0.05) is 47.5 Å². The van der Waals surface area contributed by atoms with Gasteiger partial charge >= 0.3 is 0 Å². The summed E-state index contributed by atoms with van der Waals surface area (Å²) in [6.07, 6.45) is 0. The lowest BCUT2D eigenvalue weighted by Gasteiger charge is -2.20. The van der Waals surface area contributed by atoms with E-state index in [2.05, 4.69) is 5.32 Å². The fraction of sp³-hybridized carbons (Fsp3) is 0.208. The third kappa shape index (κ3) is 4.16. The number of ether oxygens (including phenoxy) is 3. The molecule has 31 heavy (non-hydrogen) atoms. The normalized spacial score (nSPS) is 17.6. The van der Waals surface area contributed by atoms with Crippen LogP contribution < -0.4 is 19.5 Å². The van der Waals surface area contributed by atoms with E-state index in [4.69, 9.17) is 42.4 Å². The van der Waals surface area contributed by atoms with Crippen LogP contribution >= 0.6 is 23.2 Å². The summed E-state index contributed by atoms with van der Waals surface area (Å²) >= 11 is 12.2. The molecule has 0 saturated carbocycles. The summed E-state index contributed by atoms with van der Waals surface area (Å²) < 4.78 is 16.6. The molecule has 0 bridgehead atoms. The molecule has 0 amide bonds. The van der Waals surface area contributed by atoms with Crippen molar-refractivity contribution in [2.24, 2.45) is 4.99 Å². The first-order valence-electron chi connectivity index (χ1n) is 9.70. The first-order chi connectivity index (χ1) is 15.0. The lowest BCUT2D eigenvalue weighted by Crippen LogP contribution is -2.25.